The Morgan fingerprint density at radius 1 is 0.792 bits per heavy atom. The molecule has 0 N–H and O–H groups in total. The van der Waals surface area contributed by atoms with Gasteiger partial charge in [-0.15, -0.1) is 13.2 Å². The molecule has 144 valence electrons. The molecule has 0 rings (SSSR count). The maximum absolute atomic E-state index is 5.20. The van der Waals surface area contributed by atoms with E-state index in [9.17, 15) is 0 Å². The highest BCUT2D eigenvalue weighted by Gasteiger charge is 2.20. The highest BCUT2D eigenvalue weighted by Crippen LogP contribution is 2.16. The highest BCUT2D eigenvalue weighted by atomic mass is 17.3. The Morgan fingerprint density at radius 3 is 1.42 bits per heavy atom. The molecule has 0 atom stereocenters. The maximum Gasteiger partial charge on any atom is 0.224 e. The molecular weight excluding hydrogens is 312 g/mol. The molecule has 6 heteroatoms. The monoisotopic (exact) mass is 348 g/mol. The zero-order valence-electron chi connectivity index (χ0n) is 16.4. The molecule has 0 aromatic heterocycles. The van der Waals surface area contributed by atoms with Crippen molar-refractivity contribution in [3.8, 4) is 0 Å². The van der Waals surface area contributed by atoms with E-state index >= 15 is 0 Å². The van der Waals surface area contributed by atoms with Gasteiger partial charge in [-0.1, -0.05) is 25.5 Å². The molecule has 0 aromatic rings. The first kappa shape index (κ1) is 25.5. The normalized spacial score (nSPS) is 11.8. The third-order valence-electron chi connectivity index (χ3n) is 1.79. The van der Waals surface area contributed by atoms with Gasteiger partial charge in [0.25, 0.3) is 0 Å². The molecule has 0 amide bonds. The van der Waals surface area contributed by atoms with Gasteiger partial charge in [0.1, 0.15) is 13.2 Å². The van der Waals surface area contributed by atoms with Crippen LogP contribution in [0.2, 0.25) is 0 Å². The van der Waals surface area contributed by atoms with Crippen molar-refractivity contribution in [2.75, 3.05) is 13.2 Å². The minimum absolute atomic E-state index is 0.350. The van der Waals surface area contributed by atoms with Gasteiger partial charge in [0.2, 0.25) is 6.29 Å². The summed E-state index contributed by atoms with van der Waals surface area (Å²) >= 11 is 0. The van der Waals surface area contributed by atoms with Gasteiger partial charge in [-0.3, -0.25) is 0 Å². The molecule has 0 aromatic carbocycles. The van der Waals surface area contributed by atoms with E-state index in [1.165, 1.54) is 0 Å². The van der Waals surface area contributed by atoms with Crippen LogP contribution in [0.4, 0.5) is 0 Å². The van der Waals surface area contributed by atoms with Crippen molar-refractivity contribution >= 4 is 0 Å². The maximum atomic E-state index is 5.20. The van der Waals surface area contributed by atoms with Crippen LogP contribution in [0.15, 0.2) is 25.3 Å². The van der Waals surface area contributed by atoms with E-state index in [1.54, 1.807) is 12.2 Å². The van der Waals surface area contributed by atoms with Crippen molar-refractivity contribution in [3.05, 3.63) is 25.3 Å². The summed E-state index contributed by atoms with van der Waals surface area (Å²) < 4.78 is 0. The molecule has 0 aliphatic rings. The van der Waals surface area contributed by atoms with E-state index in [1.807, 2.05) is 48.5 Å². The van der Waals surface area contributed by atoms with Crippen LogP contribution < -0.4 is 0 Å². The summed E-state index contributed by atoms with van der Waals surface area (Å²) in [5, 5.41) is 0. The second-order valence-corrected chi connectivity index (χ2v) is 6.95. The summed E-state index contributed by atoms with van der Waals surface area (Å²) in [4.78, 5) is 29.9. The van der Waals surface area contributed by atoms with Crippen LogP contribution in [0, 0.1) is 0 Å². The van der Waals surface area contributed by atoms with Crippen LogP contribution in [0.1, 0.15) is 61.3 Å². The average molecular weight is 348 g/mol. The lowest BCUT2D eigenvalue weighted by Crippen LogP contribution is -2.29. The Morgan fingerprint density at radius 2 is 1.17 bits per heavy atom. The Bertz CT molecular complexity index is 276. The number of hydrogen-bond acceptors (Lipinski definition) is 6. The molecule has 6 nitrogen and oxygen atoms in total. The van der Waals surface area contributed by atoms with E-state index in [-0.39, 0.29) is 11.2 Å². The fourth-order valence-electron chi connectivity index (χ4n) is 0.936. The molecule has 0 fully saturated rings. The van der Waals surface area contributed by atoms with E-state index in [0.717, 1.165) is 12.8 Å². The van der Waals surface area contributed by atoms with Crippen LogP contribution >= 0.6 is 0 Å². The minimum atomic E-state index is -0.483. The van der Waals surface area contributed by atoms with Crippen LogP contribution in [0.3, 0.4) is 0 Å². The van der Waals surface area contributed by atoms with Gasteiger partial charge in [-0.25, -0.2) is 29.3 Å². The number of rotatable bonds is 11. The second-order valence-electron chi connectivity index (χ2n) is 6.95. The van der Waals surface area contributed by atoms with Crippen LogP contribution in [-0.2, 0) is 29.3 Å². The fraction of sp³-hybridized carbons (Fsp3) is 0.778. The molecule has 0 aliphatic heterocycles. The van der Waals surface area contributed by atoms with Crippen molar-refractivity contribution in [2.45, 2.75) is 78.8 Å². The quantitative estimate of drug-likeness (QED) is 0.174. The van der Waals surface area contributed by atoms with Gasteiger partial charge in [0.05, 0.1) is 11.2 Å². The Kier molecular flexibility index (Phi) is 15.5. The van der Waals surface area contributed by atoms with Crippen LogP contribution in [-0.4, -0.2) is 30.7 Å². The molecular formula is C18H36O6. The summed E-state index contributed by atoms with van der Waals surface area (Å²) in [6, 6.07) is 0. The van der Waals surface area contributed by atoms with Crippen LogP contribution in [0.5, 0.6) is 0 Å². The first-order valence-corrected chi connectivity index (χ1v) is 8.21. The van der Waals surface area contributed by atoms with Gasteiger partial charge in [0.15, 0.2) is 0 Å². The van der Waals surface area contributed by atoms with Crippen LogP contribution in [0.25, 0.3) is 0 Å². The highest BCUT2D eigenvalue weighted by molar-refractivity contribution is 4.64. The van der Waals surface area contributed by atoms with E-state index in [4.69, 9.17) is 19.6 Å². The van der Waals surface area contributed by atoms with Gasteiger partial charge >= 0.3 is 0 Å². The second kappa shape index (κ2) is 14.6. The number of hydrogen-bond donors (Lipinski definition) is 0. The van der Waals surface area contributed by atoms with Gasteiger partial charge in [-0.2, -0.15) is 0 Å². The summed E-state index contributed by atoms with van der Waals surface area (Å²) in [6.45, 7) is 21.3. The molecule has 0 saturated carbocycles. The zero-order chi connectivity index (χ0) is 19.1. The molecule has 0 saturated heterocycles. The molecule has 0 radical (unpaired) electrons. The lowest BCUT2D eigenvalue weighted by molar-refractivity contribution is -0.497. The molecule has 0 heterocycles. The fourth-order valence-corrected chi connectivity index (χ4v) is 0.936. The molecule has 24 heavy (non-hydrogen) atoms. The predicted molar refractivity (Wildman–Crippen MR) is 94.8 cm³/mol. The lowest BCUT2D eigenvalue weighted by atomic mass is 10.2. The van der Waals surface area contributed by atoms with Crippen molar-refractivity contribution in [2.24, 2.45) is 0 Å². The van der Waals surface area contributed by atoms with Gasteiger partial charge < -0.3 is 0 Å². The Hall–Kier alpha value is -0.760. The van der Waals surface area contributed by atoms with Crippen molar-refractivity contribution in [1.29, 1.82) is 0 Å². The third kappa shape index (κ3) is 23.5. The van der Waals surface area contributed by atoms with Crippen molar-refractivity contribution in [1.82, 2.24) is 0 Å². The molecule has 0 unspecified atom stereocenters. The zero-order valence-corrected chi connectivity index (χ0v) is 16.4. The first-order chi connectivity index (χ1) is 11.1. The smallest absolute Gasteiger partial charge is 0.224 e. The molecule has 0 aliphatic carbocycles. The summed E-state index contributed by atoms with van der Waals surface area (Å²) in [5.74, 6) is 0. The van der Waals surface area contributed by atoms with E-state index in [0.29, 0.717) is 13.2 Å². The third-order valence-corrected chi connectivity index (χ3v) is 1.79. The lowest BCUT2D eigenvalue weighted by Gasteiger charge is -2.25. The largest absolute Gasteiger partial charge is 0.232 e. The van der Waals surface area contributed by atoms with Crippen molar-refractivity contribution < 1.29 is 29.3 Å². The summed E-state index contributed by atoms with van der Waals surface area (Å²) in [6.07, 6.45) is 4.41. The molecule has 0 bridgehead atoms. The predicted octanol–water partition coefficient (Wildman–Crippen LogP) is 4.91. The Balaban J connectivity index is 0. The van der Waals surface area contributed by atoms with E-state index < -0.39 is 6.29 Å². The summed E-state index contributed by atoms with van der Waals surface area (Å²) in [5.41, 5.74) is -0.700. The SMILES string of the molecule is C=CCOOCC=C.CCCC(OOC(C)(C)C)OOC(C)(C)C. The van der Waals surface area contributed by atoms with Crippen molar-refractivity contribution in [3.63, 3.8) is 0 Å². The van der Waals surface area contributed by atoms with E-state index in [2.05, 4.69) is 22.9 Å². The molecule has 0 spiro atoms. The Labute approximate surface area is 147 Å². The minimum Gasteiger partial charge on any atom is -0.232 e. The van der Waals surface area contributed by atoms with Gasteiger partial charge in [-0.05, 0) is 41.5 Å². The summed E-state index contributed by atoms with van der Waals surface area (Å²) in [7, 11) is 0. The topological polar surface area (TPSA) is 55.4 Å². The standard InChI is InChI=1S/C12H26O4.C6H10O2/c1-8-9-10(13-15-11(2,3)4)14-16-12(5,6)7;1-3-5-7-8-6-4-2/h10H,8-9H2,1-7H3;3-4H,1-2,5-6H2. The van der Waals surface area contributed by atoms with Gasteiger partial charge in [0, 0.05) is 6.42 Å². The average Bonchev–Trinajstić information content (AvgIpc) is 2.45. The first-order valence-electron chi connectivity index (χ1n) is 8.21.